The van der Waals surface area contributed by atoms with Gasteiger partial charge in [0.1, 0.15) is 10.0 Å². The second-order valence-electron chi connectivity index (χ2n) is 5.28. The molecule has 0 bridgehead atoms. The molecule has 1 fully saturated rings. The molecule has 0 amide bonds. The molecule has 0 aliphatic carbocycles. The van der Waals surface area contributed by atoms with Crippen LogP contribution in [0.4, 0.5) is 0 Å². The van der Waals surface area contributed by atoms with Crippen LogP contribution < -0.4 is 0 Å². The number of rotatable bonds is 3. The van der Waals surface area contributed by atoms with Gasteiger partial charge in [0.2, 0.25) is 10.0 Å². The van der Waals surface area contributed by atoms with E-state index in [0.717, 1.165) is 12.8 Å². The quantitative estimate of drug-likeness (QED) is 0.807. The summed E-state index contributed by atoms with van der Waals surface area (Å²) in [6, 6.07) is 3.11. The summed E-state index contributed by atoms with van der Waals surface area (Å²) in [5.41, 5.74) is 0. The second kappa shape index (κ2) is 5.77. The Morgan fingerprint density at radius 1 is 1.37 bits per heavy atom. The van der Waals surface area contributed by atoms with Gasteiger partial charge in [0.15, 0.2) is 0 Å². The van der Waals surface area contributed by atoms with E-state index in [9.17, 15) is 8.42 Å². The zero-order valence-electron chi connectivity index (χ0n) is 11.2. The first-order valence-corrected chi connectivity index (χ1v) is 8.35. The number of sulfonamides is 1. The van der Waals surface area contributed by atoms with Crippen molar-refractivity contribution in [3.63, 3.8) is 0 Å². The normalized spacial score (nSPS) is 18.9. The van der Waals surface area contributed by atoms with Gasteiger partial charge in [0.25, 0.3) is 0 Å². The first-order chi connectivity index (χ1) is 8.93. The van der Waals surface area contributed by atoms with Crippen LogP contribution in [0.15, 0.2) is 23.2 Å². The van der Waals surface area contributed by atoms with Crippen molar-refractivity contribution in [3.8, 4) is 0 Å². The summed E-state index contributed by atoms with van der Waals surface area (Å²) >= 11 is 5.89. The van der Waals surface area contributed by atoms with E-state index in [1.54, 1.807) is 6.07 Å². The van der Waals surface area contributed by atoms with E-state index < -0.39 is 10.0 Å². The number of pyridine rings is 1. The lowest BCUT2D eigenvalue weighted by molar-refractivity contribution is 0.226. The van der Waals surface area contributed by atoms with E-state index in [-0.39, 0.29) is 10.0 Å². The fourth-order valence-electron chi connectivity index (χ4n) is 2.49. The van der Waals surface area contributed by atoms with Crippen LogP contribution in [0, 0.1) is 11.8 Å². The number of hydrogen-bond acceptors (Lipinski definition) is 3. The average molecular weight is 303 g/mol. The topological polar surface area (TPSA) is 50.3 Å². The molecule has 1 saturated heterocycles. The summed E-state index contributed by atoms with van der Waals surface area (Å²) in [7, 11) is -3.50. The molecule has 0 spiro atoms. The van der Waals surface area contributed by atoms with Crippen molar-refractivity contribution in [2.75, 3.05) is 13.1 Å². The van der Waals surface area contributed by atoms with Crippen LogP contribution in [0.25, 0.3) is 0 Å². The first kappa shape index (κ1) is 14.8. The van der Waals surface area contributed by atoms with Gasteiger partial charge in [-0.15, -0.1) is 0 Å². The van der Waals surface area contributed by atoms with Crippen LogP contribution in [0.2, 0.25) is 5.15 Å². The molecule has 0 radical (unpaired) electrons. The average Bonchev–Trinajstić information content (AvgIpc) is 2.39. The maximum Gasteiger partial charge on any atom is 0.246 e. The highest BCUT2D eigenvalue weighted by atomic mass is 35.5. The van der Waals surface area contributed by atoms with Crippen molar-refractivity contribution < 1.29 is 8.42 Å². The summed E-state index contributed by atoms with van der Waals surface area (Å²) in [4.78, 5) is 3.95. The predicted octanol–water partition coefficient (Wildman–Crippen LogP) is 2.79. The molecule has 1 aromatic heterocycles. The Balaban J connectivity index is 2.17. The molecule has 0 unspecified atom stereocenters. The second-order valence-corrected chi connectivity index (χ2v) is 7.54. The molecule has 1 aliphatic rings. The number of halogens is 1. The van der Waals surface area contributed by atoms with Crippen molar-refractivity contribution in [3.05, 3.63) is 23.5 Å². The maximum atomic E-state index is 12.5. The van der Waals surface area contributed by atoms with Gasteiger partial charge in [-0.25, -0.2) is 13.4 Å². The minimum Gasteiger partial charge on any atom is -0.243 e. The molecule has 0 atom stereocenters. The molecule has 1 aromatic rings. The van der Waals surface area contributed by atoms with Crippen LogP contribution in [0.5, 0.6) is 0 Å². The highest BCUT2D eigenvalue weighted by Gasteiger charge is 2.31. The third-order valence-corrected chi connectivity index (χ3v) is 6.13. The van der Waals surface area contributed by atoms with Gasteiger partial charge < -0.3 is 0 Å². The molecular formula is C13H19ClN2O2S. The zero-order chi connectivity index (χ0) is 14.0. The Morgan fingerprint density at radius 2 is 2.00 bits per heavy atom. The summed E-state index contributed by atoms with van der Waals surface area (Å²) in [6.07, 6.45) is 3.32. The number of nitrogens with zero attached hydrogens (tertiary/aromatic N) is 2. The summed E-state index contributed by atoms with van der Waals surface area (Å²) in [5.74, 6) is 1.21. The van der Waals surface area contributed by atoms with Gasteiger partial charge in [0.05, 0.1) is 0 Å². The minimum atomic E-state index is -3.50. The van der Waals surface area contributed by atoms with E-state index in [0.29, 0.717) is 24.9 Å². The third-order valence-electron chi connectivity index (χ3n) is 3.78. The van der Waals surface area contributed by atoms with E-state index in [4.69, 9.17) is 11.6 Å². The maximum absolute atomic E-state index is 12.5. The molecule has 19 heavy (non-hydrogen) atoms. The van der Waals surface area contributed by atoms with E-state index in [2.05, 4.69) is 18.8 Å². The first-order valence-electron chi connectivity index (χ1n) is 6.53. The highest BCUT2D eigenvalue weighted by Crippen LogP contribution is 2.29. The lowest BCUT2D eigenvalue weighted by Crippen LogP contribution is -2.39. The monoisotopic (exact) mass is 302 g/mol. The van der Waals surface area contributed by atoms with Crippen LogP contribution in [-0.2, 0) is 10.0 Å². The number of aromatic nitrogens is 1. The van der Waals surface area contributed by atoms with Crippen LogP contribution in [-0.4, -0.2) is 30.8 Å². The van der Waals surface area contributed by atoms with Crippen molar-refractivity contribution >= 4 is 21.6 Å². The molecule has 0 aromatic carbocycles. The molecule has 0 saturated carbocycles. The molecule has 4 nitrogen and oxygen atoms in total. The van der Waals surface area contributed by atoms with Gasteiger partial charge in [-0.3, -0.25) is 0 Å². The predicted molar refractivity (Wildman–Crippen MR) is 75.6 cm³/mol. The van der Waals surface area contributed by atoms with Crippen LogP contribution in [0.1, 0.15) is 26.7 Å². The standard InChI is InChI=1S/C13H19ClN2O2S/c1-10(2)11-5-8-16(9-6-11)19(17,18)12-4-3-7-15-13(12)14/h3-4,7,10-11H,5-6,8-9H2,1-2H3. The van der Waals surface area contributed by atoms with Crippen LogP contribution in [0.3, 0.4) is 0 Å². The van der Waals surface area contributed by atoms with E-state index in [1.807, 2.05) is 0 Å². The van der Waals surface area contributed by atoms with Crippen molar-refractivity contribution in [1.29, 1.82) is 0 Å². The summed E-state index contributed by atoms with van der Waals surface area (Å²) in [5, 5.41) is 0.0495. The van der Waals surface area contributed by atoms with Gasteiger partial charge >= 0.3 is 0 Å². The number of piperidine rings is 1. The Labute approximate surface area is 119 Å². The molecule has 6 heteroatoms. The smallest absolute Gasteiger partial charge is 0.243 e. The SMILES string of the molecule is CC(C)C1CCN(S(=O)(=O)c2cccnc2Cl)CC1. The molecule has 0 N–H and O–H groups in total. The van der Waals surface area contributed by atoms with Gasteiger partial charge in [-0.1, -0.05) is 25.4 Å². The largest absolute Gasteiger partial charge is 0.246 e. The van der Waals surface area contributed by atoms with E-state index >= 15 is 0 Å². The lowest BCUT2D eigenvalue weighted by atomic mass is 9.87. The van der Waals surface area contributed by atoms with Crippen molar-refractivity contribution in [2.45, 2.75) is 31.6 Å². The molecule has 2 rings (SSSR count). The van der Waals surface area contributed by atoms with Crippen molar-refractivity contribution in [1.82, 2.24) is 9.29 Å². The Kier molecular flexibility index (Phi) is 4.48. The Bertz CT molecular complexity index is 537. The van der Waals surface area contributed by atoms with E-state index in [1.165, 1.54) is 16.6 Å². The number of hydrogen-bond donors (Lipinski definition) is 0. The highest BCUT2D eigenvalue weighted by molar-refractivity contribution is 7.89. The minimum absolute atomic E-state index is 0.0495. The molecule has 2 heterocycles. The zero-order valence-corrected chi connectivity index (χ0v) is 12.8. The fourth-order valence-corrected chi connectivity index (χ4v) is 4.38. The fraction of sp³-hybridized carbons (Fsp3) is 0.615. The summed E-state index contributed by atoms with van der Waals surface area (Å²) < 4.78 is 26.5. The Hall–Kier alpha value is -0.650. The van der Waals surface area contributed by atoms with Gasteiger partial charge in [-0.2, -0.15) is 4.31 Å². The lowest BCUT2D eigenvalue weighted by Gasteiger charge is -2.33. The third kappa shape index (κ3) is 3.09. The molecule has 1 aliphatic heterocycles. The molecular weight excluding hydrogens is 284 g/mol. The van der Waals surface area contributed by atoms with Gasteiger partial charge in [0, 0.05) is 19.3 Å². The van der Waals surface area contributed by atoms with Crippen molar-refractivity contribution in [2.24, 2.45) is 11.8 Å². The summed E-state index contributed by atoms with van der Waals surface area (Å²) in [6.45, 7) is 5.51. The molecule has 106 valence electrons. The Morgan fingerprint density at radius 3 is 2.53 bits per heavy atom. The van der Waals surface area contributed by atoms with Gasteiger partial charge in [-0.05, 0) is 36.8 Å². The van der Waals surface area contributed by atoms with Crippen LogP contribution >= 0.6 is 11.6 Å².